The molecule has 2 N–H and O–H groups in total. The van der Waals surface area contributed by atoms with Crippen LogP contribution in [-0.4, -0.2) is 69.8 Å². The number of phenols is 1. The molecule has 8 heteroatoms. The Morgan fingerprint density at radius 2 is 1.97 bits per heavy atom. The summed E-state index contributed by atoms with van der Waals surface area (Å²) in [7, 11) is 1.73. The van der Waals surface area contributed by atoms with Crippen LogP contribution in [0, 0.1) is 17.6 Å². The summed E-state index contributed by atoms with van der Waals surface area (Å²) in [5, 5.41) is 23.3. The van der Waals surface area contributed by atoms with E-state index < -0.39 is 28.8 Å². The van der Waals surface area contributed by atoms with E-state index in [9.17, 15) is 23.8 Å². The van der Waals surface area contributed by atoms with Gasteiger partial charge in [0, 0.05) is 25.2 Å². The van der Waals surface area contributed by atoms with E-state index >= 15 is 0 Å². The zero-order valence-corrected chi connectivity index (χ0v) is 20.9. The Hall–Kier alpha value is -2.71. The molecule has 3 fully saturated rings. The molecule has 0 aromatic heterocycles. The molecule has 3 aliphatic carbocycles. The largest absolute Gasteiger partial charge is 0.504 e. The van der Waals surface area contributed by atoms with Crippen molar-refractivity contribution < 1.29 is 28.5 Å². The second-order valence-electron chi connectivity index (χ2n) is 11.8. The fourth-order valence-corrected chi connectivity index (χ4v) is 7.99. The average molecular weight is 511 g/mol. The Morgan fingerprint density at radius 3 is 2.73 bits per heavy atom. The summed E-state index contributed by atoms with van der Waals surface area (Å²) in [6, 6.07) is 6.82. The fraction of sp³-hybridized carbons (Fsp3) is 0.552. The van der Waals surface area contributed by atoms with E-state index in [4.69, 9.17) is 4.74 Å². The van der Waals surface area contributed by atoms with Gasteiger partial charge in [0.1, 0.15) is 6.10 Å². The molecular formula is C29H32F2N2O4. The first-order chi connectivity index (χ1) is 17.7. The highest BCUT2D eigenvalue weighted by molar-refractivity contribution is 5.79. The van der Waals surface area contributed by atoms with Gasteiger partial charge in [-0.3, -0.25) is 9.69 Å². The smallest absolute Gasteiger partial charge is 0.227 e. The van der Waals surface area contributed by atoms with Gasteiger partial charge in [-0.15, -0.1) is 0 Å². The van der Waals surface area contributed by atoms with Crippen LogP contribution >= 0.6 is 0 Å². The van der Waals surface area contributed by atoms with E-state index in [1.165, 1.54) is 18.9 Å². The van der Waals surface area contributed by atoms with Crippen LogP contribution < -0.4 is 4.74 Å². The predicted molar refractivity (Wildman–Crippen MR) is 131 cm³/mol. The van der Waals surface area contributed by atoms with Crippen molar-refractivity contribution in [3.05, 3.63) is 58.7 Å². The fourth-order valence-electron chi connectivity index (χ4n) is 7.99. The number of piperidine rings is 1. The minimum atomic E-state index is -1.02. The monoisotopic (exact) mass is 510 g/mol. The molecule has 0 radical (unpaired) electrons. The second kappa shape index (κ2) is 7.90. The van der Waals surface area contributed by atoms with Crippen LogP contribution in [0.15, 0.2) is 30.3 Å². The van der Waals surface area contributed by atoms with E-state index in [-0.39, 0.29) is 30.2 Å². The van der Waals surface area contributed by atoms with E-state index in [1.54, 1.807) is 18.0 Å². The molecule has 1 saturated heterocycles. The maximum Gasteiger partial charge on any atom is 0.227 e. The molecule has 2 saturated carbocycles. The minimum Gasteiger partial charge on any atom is -0.504 e. The van der Waals surface area contributed by atoms with Gasteiger partial charge in [-0.05, 0) is 80.3 Å². The summed E-state index contributed by atoms with van der Waals surface area (Å²) in [6.07, 6.45) is 4.44. The van der Waals surface area contributed by atoms with Crippen LogP contribution in [0.2, 0.25) is 0 Å². The molecule has 1 amide bonds. The molecule has 2 aliphatic heterocycles. The highest BCUT2D eigenvalue weighted by Crippen LogP contribution is 2.66. The number of aromatic hydroxyl groups is 1. The third kappa shape index (κ3) is 3.18. The Kier molecular flexibility index (Phi) is 5.00. The SMILES string of the molecule is CN(C(=O)Cc1ccc(F)c(F)c1)C1CC[C@@]2(O)[C@H]3Cc4ccc(O)c5c4[C@@]2(CCN3CC2CC2)C1O5. The zero-order chi connectivity index (χ0) is 25.7. The second-order valence-corrected chi connectivity index (χ2v) is 11.8. The first kappa shape index (κ1) is 23.4. The maximum absolute atomic E-state index is 13.8. The Labute approximate surface area is 214 Å². The van der Waals surface area contributed by atoms with Crippen molar-refractivity contribution in [2.75, 3.05) is 20.1 Å². The molecule has 2 aromatic rings. The molecule has 5 atom stereocenters. The van der Waals surface area contributed by atoms with Gasteiger partial charge in [0.25, 0.3) is 0 Å². The molecular weight excluding hydrogens is 478 g/mol. The van der Waals surface area contributed by atoms with Gasteiger partial charge in [-0.2, -0.15) is 0 Å². The molecule has 196 valence electrons. The molecule has 2 unspecified atom stereocenters. The average Bonchev–Trinajstić information content (AvgIpc) is 3.61. The minimum absolute atomic E-state index is 0.0277. The number of amides is 1. The number of carbonyl (C=O) groups excluding carboxylic acids is 1. The quantitative estimate of drug-likeness (QED) is 0.646. The Morgan fingerprint density at radius 1 is 1.16 bits per heavy atom. The first-order valence-corrected chi connectivity index (χ1v) is 13.4. The molecule has 6 nitrogen and oxygen atoms in total. The van der Waals surface area contributed by atoms with Crippen LogP contribution in [0.5, 0.6) is 11.5 Å². The lowest BCUT2D eigenvalue weighted by Crippen LogP contribution is -2.78. The van der Waals surface area contributed by atoms with E-state index in [0.29, 0.717) is 36.5 Å². The third-order valence-corrected chi connectivity index (χ3v) is 9.96. The lowest BCUT2D eigenvalue weighted by atomic mass is 9.48. The molecule has 37 heavy (non-hydrogen) atoms. The summed E-state index contributed by atoms with van der Waals surface area (Å²) >= 11 is 0. The van der Waals surface area contributed by atoms with Crippen LogP contribution in [0.3, 0.4) is 0 Å². The number of likely N-dealkylation sites (tertiary alicyclic amines) is 1. The van der Waals surface area contributed by atoms with Gasteiger partial charge in [0.15, 0.2) is 23.1 Å². The van der Waals surface area contributed by atoms with Crippen molar-refractivity contribution in [1.29, 1.82) is 0 Å². The Balaban J connectivity index is 1.25. The lowest BCUT2D eigenvalue weighted by Gasteiger charge is -2.64. The summed E-state index contributed by atoms with van der Waals surface area (Å²) in [5.41, 5.74) is 0.717. The van der Waals surface area contributed by atoms with Crippen LogP contribution in [-0.2, 0) is 23.1 Å². The van der Waals surface area contributed by atoms with Crippen LogP contribution in [0.1, 0.15) is 48.8 Å². The number of phenolic OH excluding ortho intramolecular Hbond substituents is 1. The molecule has 1 spiro atoms. The third-order valence-electron chi connectivity index (χ3n) is 9.96. The van der Waals surface area contributed by atoms with Crippen molar-refractivity contribution in [1.82, 2.24) is 9.80 Å². The molecule has 2 bridgehead atoms. The Bertz CT molecular complexity index is 1300. The van der Waals surface area contributed by atoms with Gasteiger partial charge >= 0.3 is 0 Å². The molecule has 2 heterocycles. The maximum atomic E-state index is 13.8. The highest BCUT2D eigenvalue weighted by Gasteiger charge is 2.73. The normalized spacial score (nSPS) is 33.6. The first-order valence-electron chi connectivity index (χ1n) is 13.4. The van der Waals surface area contributed by atoms with Gasteiger partial charge in [0.2, 0.25) is 5.91 Å². The molecule has 7 rings (SSSR count). The summed E-state index contributed by atoms with van der Waals surface area (Å²) in [6.45, 7) is 1.85. The van der Waals surface area contributed by atoms with Crippen molar-refractivity contribution in [3.8, 4) is 11.5 Å². The number of hydrogen-bond acceptors (Lipinski definition) is 5. The van der Waals surface area contributed by atoms with Gasteiger partial charge in [-0.25, -0.2) is 8.78 Å². The summed E-state index contributed by atoms with van der Waals surface area (Å²) in [4.78, 5) is 17.5. The van der Waals surface area contributed by atoms with Gasteiger partial charge in [-0.1, -0.05) is 12.1 Å². The zero-order valence-electron chi connectivity index (χ0n) is 20.9. The number of ether oxygens (including phenoxy) is 1. The number of carbonyl (C=O) groups is 1. The standard InChI is InChI=1S/C29H32F2N2O4/c1-32(24(35)13-17-4-6-19(30)20(31)12-17)21-8-9-29(36)23-14-18-5-7-22(34)26-25(18)28(29,27(21)37-26)10-11-33(23)15-16-2-3-16/h4-7,12,16,21,23,27,34,36H,2-3,8-11,13-15H2,1H3/t21?,23-,27?,28+,29-/m1/s1. The van der Waals surface area contributed by atoms with E-state index in [2.05, 4.69) is 4.90 Å². The van der Waals surface area contributed by atoms with Gasteiger partial charge in [0.05, 0.1) is 23.5 Å². The van der Waals surface area contributed by atoms with Crippen LogP contribution in [0.4, 0.5) is 8.78 Å². The number of halogens is 2. The number of rotatable bonds is 5. The van der Waals surface area contributed by atoms with Crippen LogP contribution in [0.25, 0.3) is 0 Å². The summed E-state index contributed by atoms with van der Waals surface area (Å²) < 4.78 is 33.7. The highest BCUT2D eigenvalue weighted by atomic mass is 19.2. The number of benzene rings is 2. The van der Waals surface area contributed by atoms with E-state index in [1.807, 2.05) is 6.07 Å². The number of likely N-dealkylation sites (N-methyl/N-ethyl adjacent to an activating group) is 1. The lowest BCUT2D eigenvalue weighted by molar-refractivity contribution is -0.200. The predicted octanol–water partition coefficient (Wildman–Crippen LogP) is 3.30. The van der Waals surface area contributed by atoms with Crippen molar-refractivity contribution in [2.45, 2.75) is 74.1 Å². The summed E-state index contributed by atoms with van der Waals surface area (Å²) in [5.74, 6) is -0.912. The van der Waals surface area contributed by atoms with Crippen molar-refractivity contribution in [2.24, 2.45) is 5.92 Å². The van der Waals surface area contributed by atoms with Crippen molar-refractivity contribution >= 4 is 5.91 Å². The molecule has 5 aliphatic rings. The number of hydrogen-bond donors (Lipinski definition) is 2. The number of nitrogens with zero attached hydrogens (tertiary/aromatic N) is 2. The van der Waals surface area contributed by atoms with E-state index in [0.717, 1.165) is 42.8 Å². The van der Waals surface area contributed by atoms with Gasteiger partial charge < -0.3 is 19.8 Å². The molecule has 2 aromatic carbocycles. The number of aliphatic hydroxyl groups is 1. The van der Waals surface area contributed by atoms with Crippen molar-refractivity contribution in [3.63, 3.8) is 0 Å². The topological polar surface area (TPSA) is 73.2 Å².